The molecule has 100 valence electrons. The first-order valence-corrected chi connectivity index (χ1v) is 6.17. The molecule has 1 aromatic rings. The Hall–Kier alpha value is -2.04. The molecule has 0 amide bonds. The molecule has 1 unspecified atom stereocenters. The fraction of sp³-hybridized carbons (Fsp3) is 0.462. The molecule has 1 aliphatic rings. The molecule has 1 saturated carbocycles. The van der Waals surface area contributed by atoms with Crippen LogP contribution in [-0.2, 0) is 4.74 Å². The van der Waals surface area contributed by atoms with Gasteiger partial charge in [-0.15, -0.1) is 0 Å². The zero-order valence-corrected chi connectivity index (χ0v) is 10.3. The highest BCUT2D eigenvalue weighted by Gasteiger charge is 2.29. The van der Waals surface area contributed by atoms with E-state index in [0.717, 1.165) is 0 Å². The number of hydrogen-bond acceptors (Lipinski definition) is 4. The molecule has 0 spiro atoms. The number of aliphatic hydroxyl groups excluding tert-OH is 1. The van der Waals surface area contributed by atoms with Crippen molar-refractivity contribution in [1.82, 2.24) is 0 Å². The van der Waals surface area contributed by atoms with Gasteiger partial charge in [-0.1, -0.05) is 23.3 Å². The molecule has 1 fully saturated rings. The van der Waals surface area contributed by atoms with Crippen LogP contribution in [0.1, 0.15) is 29.6 Å². The number of azide groups is 1. The standard InChI is InChI=1S/C13H15N3O3/c14-16-15-10-6-11(17)8-12(7-10)19-13(18)9-4-2-1-3-5-9/h1-5,10-12,17H,6-8H2/t10?,11-,12-/m0/s1. The molecule has 0 heterocycles. The highest BCUT2D eigenvalue weighted by molar-refractivity contribution is 5.89. The molecule has 1 N–H and O–H groups in total. The van der Waals surface area contributed by atoms with Crippen molar-refractivity contribution in [3.8, 4) is 0 Å². The second-order valence-corrected chi connectivity index (χ2v) is 4.61. The molecule has 3 atom stereocenters. The molecule has 6 heteroatoms. The van der Waals surface area contributed by atoms with Gasteiger partial charge in [0.25, 0.3) is 0 Å². The van der Waals surface area contributed by atoms with Crippen molar-refractivity contribution >= 4 is 5.97 Å². The van der Waals surface area contributed by atoms with Crippen LogP contribution in [0.15, 0.2) is 35.4 Å². The number of hydrogen-bond donors (Lipinski definition) is 1. The summed E-state index contributed by atoms with van der Waals surface area (Å²) in [6, 6.07) is 8.37. The lowest BCUT2D eigenvalue weighted by atomic mass is 9.91. The largest absolute Gasteiger partial charge is 0.459 e. The van der Waals surface area contributed by atoms with E-state index in [9.17, 15) is 9.90 Å². The molecule has 2 rings (SSSR count). The first kappa shape index (κ1) is 13.4. The van der Waals surface area contributed by atoms with E-state index in [1.165, 1.54) is 0 Å². The third-order valence-electron chi connectivity index (χ3n) is 3.11. The smallest absolute Gasteiger partial charge is 0.338 e. The number of benzene rings is 1. The van der Waals surface area contributed by atoms with E-state index in [0.29, 0.717) is 24.8 Å². The van der Waals surface area contributed by atoms with Gasteiger partial charge in [-0.05, 0) is 30.5 Å². The van der Waals surface area contributed by atoms with Gasteiger partial charge in [0.15, 0.2) is 0 Å². The van der Waals surface area contributed by atoms with Gasteiger partial charge in [0, 0.05) is 17.4 Å². The maximum absolute atomic E-state index is 11.9. The van der Waals surface area contributed by atoms with Crippen molar-refractivity contribution in [3.05, 3.63) is 46.3 Å². The van der Waals surface area contributed by atoms with Gasteiger partial charge in [0.05, 0.1) is 11.7 Å². The molecule has 0 saturated heterocycles. The Kier molecular flexibility index (Phi) is 4.39. The molecule has 6 nitrogen and oxygen atoms in total. The van der Waals surface area contributed by atoms with E-state index in [1.54, 1.807) is 24.3 Å². The summed E-state index contributed by atoms with van der Waals surface area (Å²) in [6.07, 6.45) is 0.254. The van der Waals surface area contributed by atoms with Crippen molar-refractivity contribution in [2.75, 3.05) is 0 Å². The molecule has 0 aliphatic heterocycles. The minimum absolute atomic E-state index is 0.317. The van der Waals surface area contributed by atoms with Gasteiger partial charge in [-0.2, -0.15) is 0 Å². The highest BCUT2D eigenvalue weighted by Crippen LogP contribution is 2.25. The monoisotopic (exact) mass is 261 g/mol. The normalized spacial score (nSPS) is 26.3. The summed E-state index contributed by atoms with van der Waals surface area (Å²) in [7, 11) is 0. The van der Waals surface area contributed by atoms with Gasteiger partial charge in [-0.25, -0.2) is 4.79 Å². The second-order valence-electron chi connectivity index (χ2n) is 4.61. The number of esters is 1. The summed E-state index contributed by atoms with van der Waals surface area (Å²) in [5, 5.41) is 13.3. The Bertz CT molecular complexity index is 485. The Morgan fingerprint density at radius 3 is 2.74 bits per heavy atom. The minimum atomic E-state index is -0.599. The Morgan fingerprint density at radius 1 is 1.32 bits per heavy atom. The number of carbonyl (C=O) groups excluding carboxylic acids is 1. The van der Waals surface area contributed by atoms with Crippen LogP contribution in [0.3, 0.4) is 0 Å². The number of carbonyl (C=O) groups is 1. The zero-order chi connectivity index (χ0) is 13.7. The minimum Gasteiger partial charge on any atom is -0.459 e. The van der Waals surface area contributed by atoms with Crippen LogP contribution >= 0.6 is 0 Å². The summed E-state index contributed by atoms with van der Waals surface area (Å²) in [4.78, 5) is 14.6. The van der Waals surface area contributed by atoms with Crippen molar-refractivity contribution in [2.24, 2.45) is 5.11 Å². The van der Waals surface area contributed by atoms with E-state index < -0.39 is 18.2 Å². The average Bonchev–Trinajstić information content (AvgIpc) is 2.39. The van der Waals surface area contributed by atoms with Crippen LogP contribution in [0.5, 0.6) is 0 Å². The summed E-state index contributed by atoms with van der Waals surface area (Å²) < 4.78 is 5.34. The van der Waals surface area contributed by atoms with E-state index in [-0.39, 0.29) is 6.04 Å². The summed E-state index contributed by atoms with van der Waals surface area (Å²) in [6.45, 7) is 0. The third-order valence-corrected chi connectivity index (χ3v) is 3.11. The second kappa shape index (κ2) is 6.22. The van der Waals surface area contributed by atoms with Crippen molar-refractivity contribution in [3.63, 3.8) is 0 Å². The molecule has 0 aromatic heterocycles. The predicted molar refractivity (Wildman–Crippen MR) is 68.4 cm³/mol. The number of aliphatic hydroxyl groups is 1. The molecule has 1 aliphatic carbocycles. The molecule has 19 heavy (non-hydrogen) atoms. The van der Waals surface area contributed by atoms with Crippen LogP contribution in [0, 0.1) is 0 Å². The number of nitrogens with zero attached hydrogens (tertiary/aromatic N) is 3. The lowest BCUT2D eigenvalue weighted by Crippen LogP contribution is -2.34. The van der Waals surface area contributed by atoms with Gasteiger partial charge in [0.1, 0.15) is 6.10 Å². The maximum Gasteiger partial charge on any atom is 0.338 e. The summed E-state index contributed by atoms with van der Waals surface area (Å²) in [5.74, 6) is -0.417. The molecular weight excluding hydrogens is 246 g/mol. The van der Waals surface area contributed by atoms with Crippen LogP contribution in [0.4, 0.5) is 0 Å². The molecule has 1 aromatic carbocycles. The lowest BCUT2D eigenvalue weighted by Gasteiger charge is -2.29. The predicted octanol–water partition coefficient (Wildman–Crippen LogP) is 2.44. The van der Waals surface area contributed by atoms with Gasteiger partial charge >= 0.3 is 5.97 Å². The zero-order valence-electron chi connectivity index (χ0n) is 10.3. The van der Waals surface area contributed by atoms with Gasteiger partial charge < -0.3 is 9.84 Å². The fourth-order valence-electron chi connectivity index (χ4n) is 2.27. The van der Waals surface area contributed by atoms with Crippen molar-refractivity contribution < 1.29 is 14.6 Å². The average molecular weight is 261 g/mol. The topological polar surface area (TPSA) is 95.3 Å². The van der Waals surface area contributed by atoms with Crippen molar-refractivity contribution in [2.45, 2.75) is 37.5 Å². The first-order chi connectivity index (χ1) is 9.19. The third kappa shape index (κ3) is 3.71. The molecule has 0 radical (unpaired) electrons. The fourth-order valence-corrected chi connectivity index (χ4v) is 2.27. The Balaban J connectivity index is 1.98. The van der Waals surface area contributed by atoms with Crippen LogP contribution < -0.4 is 0 Å². The first-order valence-electron chi connectivity index (χ1n) is 6.17. The Morgan fingerprint density at radius 2 is 2.05 bits per heavy atom. The Labute approximate surface area is 110 Å². The number of rotatable bonds is 3. The van der Waals surface area contributed by atoms with Crippen LogP contribution in [0.2, 0.25) is 0 Å². The van der Waals surface area contributed by atoms with E-state index in [1.807, 2.05) is 6.07 Å². The van der Waals surface area contributed by atoms with Crippen LogP contribution in [-0.4, -0.2) is 29.3 Å². The van der Waals surface area contributed by atoms with E-state index in [2.05, 4.69) is 10.0 Å². The van der Waals surface area contributed by atoms with Gasteiger partial charge in [-0.3, -0.25) is 0 Å². The lowest BCUT2D eigenvalue weighted by molar-refractivity contribution is -0.00643. The molecule has 0 bridgehead atoms. The highest BCUT2D eigenvalue weighted by atomic mass is 16.5. The van der Waals surface area contributed by atoms with Gasteiger partial charge in [0.2, 0.25) is 0 Å². The SMILES string of the molecule is [N-]=[N+]=NC1C[C@H](O)C[C@@H](OC(=O)c2ccccc2)C1. The molecular formula is C13H15N3O3. The number of ether oxygens (including phenoxy) is 1. The summed E-state index contributed by atoms with van der Waals surface area (Å²) in [5.41, 5.74) is 8.89. The van der Waals surface area contributed by atoms with Crippen LogP contribution in [0.25, 0.3) is 10.4 Å². The quantitative estimate of drug-likeness (QED) is 0.391. The van der Waals surface area contributed by atoms with Crippen molar-refractivity contribution in [1.29, 1.82) is 0 Å². The summed E-state index contributed by atoms with van der Waals surface area (Å²) >= 11 is 0. The van der Waals surface area contributed by atoms with E-state index >= 15 is 0 Å². The van der Waals surface area contributed by atoms with E-state index in [4.69, 9.17) is 10.3 Å². The maximum atomic E-state index is 11.9.